The van der Waals surface area contributed by atoms with Gasteiger partial charge in [0.05, 0.1) is 5.56 Å². The van der Waals surface area contributed by atoms with Crippen LogP contribution in [0.15, 0.2) is 42.5 Å². The number of carbonyl (C=O) groups is 2. The second-order valence-electron chi connectivity index (χ2n) is 6.87. The van der Waals surface area contributed by atoms with Crippen molar-refractivity contribution >= 4 is 11.8 Å². The fourth-order valence-electron chi connectivity index (χ4n) is 2.99. The Morgan fingerprint density at radius 1 is 1.04 bits per heavy atom. The SMILES string of the molecule is O=C(NCCCC(=O)N(Cc1cccc(F)c1)C1CC1)c1ccc(F)cc1F. The van der Waals surface area contributed by atoms with Crippen molar-refractivity contribution in [3.05, 3.63) is 71.0 Å². The molecule has 28 heavy (non-hydrogen) atoms. The van der Waals surface area contributed by atoms with E-state index in [1.165, 1.54) is 12.1 Å². The Hall–Kier alpha value is -2.83. The Bertz CT molecular complexity index is 868. The Morgan fingerprint density at radius 2 is 1.79 bits per heavy atom. The van der Waals surface area contributed by atoms with Crippen molar-refractivity contribution in [2.75, 3.05) is 6.54 Å². The molecule has 0 aromatic heterocycles. The third-order valence-electron chi connectivity index (χ3n) is 4.58. The topological polar surface area (TPSA) is 49.4 Å². The van der Waals surface area contributed by atoms with E-state index >= 15 is 0 Å². The summed E-state index contributed by atoms with van der Waals surface area (Å²) >= 11 is 0. The summed E-state index contributed by atoms with van der Waals surface area (Å²) < 4.78 is 39.8. The molecule has 1 saturated carbocycles. The highest BCUT2D eigenvalue weighted by Crippen LogP contribution is 2.29. The van der Waals surface area contributed by atoms with Crippen LogP contribution in [0.25, 0.3) is 0 Å². The predicted molar refractivity (Wildman–Crippen MR) is 97.9 cm³/mol. The molecule has 1 N–H and O–H groups in total. The quantitative estimate of drug-likeness (QED) is 0.697. The summed E-state index contributed by atoms with van der Waals surface area (Å²) in [7, 11) is 0. The van der Waals surface area contributed by atoms with Crippen molar-refractivity contribution < 1.29 is 22.8 Å². The van der Waals surface area contributed by atoms with Crippen LogP contribution in [0.4, 0.5) is 13.2 Å². The first-order valence-corrected chi connectivity index (χ1v) is 9.21. The van der Waals surface area contributed by atoms with Crippen LogP contribution in [0.3, 0.4) is 0 Å². The molecule has 4 nitrogen and oxygen atoms in total. The van der Waals surface area contributed by atoms with E-state index in [9.17, 15) is 22.8 Å². The van der Waals surface area contributed by atoms with E-state index in [-0.39, 0.29) is 36.3 Å². The maximum atomic E-state index is 13.6. The van der Waals surface area contributed by atoms with Crippen molar-refractivity contribution in [1.82, 2.24) is 10.2 Å². The maximum absolute atomic E-state index is 13.6. The van der Waals surface area contributed by atoms with Crippen LogP contribution in [0.2, 0.25) is 0 Å². The zero-order chi connectivity index (χ0) is 20.1. The lowest BCUT2D eigenvalue weighted by atomic mass is 10.1. The van der Waals surface area contributed by atoms with E-state index < -0.39 is 17.5 Å². The van der Waals surface area contributed by atoms with Gasteiger partial charge in [-0.1, -0.05) is 12.1 Å². The first-order valence-electron chi connectivity index (χ1n) is 9.21. The summed E-state index contributed by atoms with van der Waals surface area (Å²) in [5, 5.41) is 2.53. The van der Waals surface area contributed by atoms with Gasteiger partial charge >= 0.3 is 0 Å². The maximum Gasteiger partial charge on any atom is 0.254 e. The van der Waals surface area contributed by atoms with E-state index in [2.05, 4.69) is 5.32 Å². The van der Waals surface area contributed by atoms with Crippen LogP contribution < -0.4 is 5.32 Å². The highest BCUT2D eigenvalue weighted by molar-refractivity contribution is 5.94. The molecule has 1 fully saturated rings. The van der Waals surface area contributed by atoms with Crippen LogP contribution in [-0.4, -0.2) is 29.3 Å². The van der Waals surface area contributed by atoms with E-state index in [0.29, 0.717) is 19.0 Å². The van der Waals surface area contributed by atoms with E-state index in [4.69, 9.17) is 0 Å². The average molecular weight is 390 g/mol. The molecule has 0 atom stereocenters. The molecule has 0 bridgehead atoms. The van der Waals surface area contributed by atoms with Crippen LogP contribution in [0.5, 0.6) is 0 Å². The van der Waals surface area contributed by atoms with Crippen LogP contribution in [0.1, 0.15) is 41.6 Å². The lowest BCUT2D eigenvalue weighted by Crippen LogP contribution is -2.33. The fraction of sp³-hybridized carbons (Fsp3) is 0.333. The number of hydrogen-bond acceptors (Lipinski definition) is 2. The molecule has 7 heteroatoms. The van der Waals surface area contributed by atoms with Gasteiger partial charge in [-0.05, 0) is 49.1 Å². The van der Waals surface area contributed by atoms with Crippen molar-refractivity contribution in [3.63, 3.8) is 0 Å². The highest BCUT2D eigenvalue weighted by Gasteiger charge is 2.32. The molecule has 2 amide bonds. The third-order valence-corrected chi connectivity index (χ3v) is 4.58. The van der Waals surface area contributed by atoms with Crippen molar-refractivity contribution in [3.8, 4) is 0 Å². The Labute approximate surface area is 161 Å². The summed E-state index contributed by atoms with van der Waals surface area (Å²) in [5.41, 5.74) is 0.499. The van der Waals surface area contributed by atoms with Gasteiger partial charge in [-0.25, -0.2) is 13.2 Å². The largest absolute Gasteiger partial charge is 0.352 e. The Kier molecular flexibility index (Phi) is 6.34. The second kappa shape index (κ2) is 8.91. The molecule has 0 spiro atoms. The van der Waals surface area contributed by atoms with Crippen molar-refractivity contribution in [2.45, 2.75) is 38.3 Å². The molecule has 2 aromatic rings. The molecular weight excluding hydrogens is 369 g/mol. The van der Waals surface area contributed by atoms with Gasteiger partial charge in [-0.15, -0.1) is 0 Å². The average Bonchev–Trinajstić information content (AvgIpc) is 3.48. The molecule has 0 saturated heterocycles. The number of halogens is 3. The smallest absolute Gasteiger partial charge is 0.254 e. The number of nitrogens with zero attached hydrogens (tertiary/aromatic N) is 1. The Morgan fingerprint density at radius 3 is 2.46 bits per heavy atom. The summed E-state index contributed by atoms with van der Waals surface area (Å²) in [5.74, 6) is -2.73. The molecule has 3 rings (SSSR count). The number of hydrogen-bond donors (Lipinski definition) is 1. The minimum absolute atomic E-state index is 0.0611. The number of rotatable bonds is 8. The molecule has 0 unspecified atom stereocenters. The van der Waals surface area contributed by atoms with Gasteiger partial charge in [-0.3, -0.25) is 9.59 Å². The first-order chi connectivity index (χ1) is 13.4. The van der Waals surface area contributed by atoms with Gasteiger partial charge in [0.25, 0.3) is 5.91 Å². The van der Waals surface area contributed by atoms with Gasteiger partial charge in [0.2, 0.25) is 5.91 Å². The minimum atomic E-state index is -0.927. The standard InChI is InChI=1S/C21H21F3N2O2/c22-15-4-1-3-14(11-15)13-26(17-7-8-17)20(27)5-2-10-25-21(28)18-9-6-16(23)12-19(18)24/h1,3-4,6,9,11-12,17H,2,5,7-8,10,13H2,(H,25,28). The minimum Gasteiger partial charge on any atom is -0.352 e. The number of carbonyl (C=O) groups excluding carboxylic acids is 2. The molecular formula is C21H21F3N2O2. The second-order valence-corrected chi connectivity index (χ2v) is 6.87. The number of benzene rings is 2. The molecule has 0 aliphatic heterocycles. The zero-order valence-electron chi connectivity index (χ0n) is 15.3. The highest BCUT2D eigenvalue weighted by atomic mass is 19.1. The first kappa shape index (κ1) is 19.9. The van der Waals surface area contributed by atoms with E-state index in [0.717, 1.165) is 30.5 Å². The number of nitrogens with one attached hydrogen (secondary N) is 1. The lowest BCUT2D eigenvalue weighted by Gasteiger charge is -2.22. The van der Waals surface area contributed by atoms with Crippen molar-refractivity contribution in [2.24, 2.45) is 0 Å². The summed E-state index contributed by atoms with van der Waals surface area (Å²) in [6, 6.07) is 9.10. The van der Waals surface area contributed by atoms with Gasteiger partial charge in [0.15, 0.2) is 0 Å². The van der Waals surface area contributed by atoms with Crippen molar-refractivity contribution in [1.29, 1.82) is 0 Å². The molecule has 1 aliphatic carbocycles. The van der Waals surface area contributed by atoms with Gasteiger partial charge in [-0.2, -0.15) is 0 Å². The zero-order valence-corrected chi connectivity index (χ0v) is 15.3. The number of amides is 2. The van der Waals surface area contributed by atoms with Crippen LogP contribution in [-0.2, 0) is 11.3 Å². The molecule has 2 aromatic carbocycles. The summed E-state index contributed by atoms with van der Waals surface area (Å²) in [6.07, 6.45) is 2.47. The van der Waals surface area contributed by atoms with Gasteiger partial charge < -0.3 is 10.2 Å². The fourth-order valence-corrected chi connectivity index (χ4v) is 2.99. The normalized spacial score (nSPS) is 13.2. The monoisotopic (exact) mass is 390 g/mol. The predicted octanol–water partition coefficient (Wildman–Crippen LogP) is 3.81. The van der Waals surface area contributed by atoms with Crippen LogP contribution >= 0.6 is 0 Å². The summed E-state index contributed by atoms with van der Waals surface area (Å²) in [4.78, 5) is 26.2. The molecule has 0 heterocycles. The molecule has 0 radical (unpaired) electrons. The van der Waals surface area contributed by atoms with E-state index in [1.807, 2.05) is 0 Å². The van der Waals surface area contributed by atoms with E-state index in [1.54, 1.807) is 17.0 Å². The summed E-state index contributed by atoms with van der Waals surface area (Å²) in [6.45, 7) is 0.550. The molecule has 1 aliphatic rings. The third kappa shape index (κ3) is 5.34. The lowest BCUT2D eigenvalue weighted by molar-refractivity contribution is -0.132. The van der Waals surface area contributed by atoms with Gasteiger partial charge in [0, 0.05) is 31.6 Å². The molecule has 148 valence electrons. The van der Waals surface area contributed by atoms with Crippen LogP contribution in [0, 0.1) is 17.5 Å². The Balaban J connectivity index is 1.47. The van der Waals surface area contributed by atoms with Gasteiger partial charge in [0.1, 0.15) is 17.5 Å².